The highest BCUT2D eigenvalue weighted by Gasteiger charge is 1.93. The van der Waals surface area contributed by atoms with Crippen LogP contribution in [0.3, 0.4) is 0 Å². The number of aryl methyl sites for hydroxylation is 1. The van der Waals surface area contributed by atoms with Crippen LogP contribution in [-0.2, 0) is 0 Å². The second-order valence-corrected chi connectivity index (χ2v) is 2.60. The minimum Gasteiger partial charge on any atom is -0.497 e. The molecule has 0 aromatic heterocycles. The Hall–Kier alpha value is -0.690. The Labute approximate surface area is 65.6 Å². The highest BCUT2D eigenvalue weighted by Crippen LogP contribution is 2.19. The van der Waals surface area contributed by atoms with E-state index in [9.17, 15) is 0 Å². The second-order valence-electron chi connectivity index (χ2n) is 2.17. The van der Waals surface area contributed by atoms with E-state index in [1.165, 1.54) is 0 Å². The number of hydrogen-bond acceptors (Lipinski definition) is 1. The summed E-state index contributed by atoms with van der Waals surface area (Å²) in [7, 11) is 1.63. The van der Waals surface area contributed by atoms with Crippen LogP contribution in [0.5, 0.6) is 5.75 Å². The standard InChI is InChI=1S/C8H9ClO/c1-6-3-7(9)5-8(4-6)10-2/h3-5H,1-2H3. The Morgan fingerprint density at radius 1 is 1.30 bits per heavy atom. The molecular formula is C8H9ClO. The van der Waals surface area contributed by atoms with Gasteiger partial charge in [0.25, 0.3) is 0 Å². The van der Waals surface area contributed by atoms with Gasteiger partial charge in [-0.05, 0) is 30.7 Å². The second kappa shape index (κ2) is 2.93. The SMILES string of the molecule is COc1cc(C)cc(Cl)c1. The van der Waals surface area contributed by atoms with Crippen molar-refractivity contribution < 1.29 is 4.74 Å². The molecule has 1 aromatic rings. The predicted octanol–water partition coefficient (Wildman–Crippen LogP) is 2.66. The molecule has 0 N–H and O–H groups in total. The number of ether oxygens (including phenoxy) is 1. The van der Waals surface area contributed by atoms with Crippen molar-refractivity contribution in [2.45, 2.75) is 6.92 Å². The summed E-state index contributed by atoms with van der Waals surface area (Å²) in [6, 6.07) is 5.62. The van der Waals surface area contributed by atoms with E-state index in [4.69, 9.17) is 16.3 Å². The van der Waals surface area contributed by atoms with Crippen molar-refractivity contribution in [2.75, 3.05) is 7.11 Å². The summed E-state index contributed by atoms with van der Waals surface area (Å²) in [5.41, 5.74) is 1.12. The van der Waals surface area contributed by atoms with Crippen molar-refractivity contribution in [3.8, 4) is 5.75 Å². The zero-order valence-electron chi connectivity index (χ0n) is 6.02. The van der Waals surface area contributed by atoms with Crippen molar-refractivity contribution >= 4 is 11.6 Å². The summed E-state index contributed by atoms with van der Waals surface area (Å²) in [6.07, 6.45) is 0. The average molecular weight is 157 g/mol. The highest BCUT2D eigenvalue weighted by molar-refractivity contribution is 6.30. The molecule has 0 atom stereocenters. The van der Waals surface area contributed by atoms with Crippen LogP contribution in [0.15, 0.2) is 18.2 Å². The van der Waals surface area contributed by atoms with Crippen molar-refractivity contribution in [3.63, 3.8) is 0 Å². The molecule has 1 rings (SSSR count). The molecule has 0 unspecified atom stereocenters. The molecule has 0 aliphatic rings. The minimum absolute atomic E-state index is 0.719. The van der Waals surface area contributed by atoms with E-state index in [1.54, 1.807) is 13.2 Å². The molecular weight excluding hydrogens is 148 g/mol. The lowest BCUT2D eigenvalue weighted by Crippen LogP contribution is -1.82. The quantitative estimate of drug-likeness (QED) is 0.608. The van der Waals surface area contributed by atoms with Crippen LogP contribution in [0.4, 0.5) is 0 Å². The molecule has 1 nitrogen and oxygen atoms in total. The fourth-order valence-electron chi connectivity index (χ4n) is 0.821. The van der Waals surface area contributed by atoms with Crippen LogP contribution in [0, 0.1) is 6.92 Å². The fraction of sp³-hybridized carbons (Fsp3) is 0.250. The molecule has 0 saturated heterocycles. The zero-order chi connectivity index (χ0) is 7.56. The predicted molar refractivity (Wildman–Crippen MR) is 42.7 cm³/mol. The van der Waals surface area contributed by atoms with Crippen LogP contribution in [0.1, 0.15) is 5.56 Å². The Morgan fingerprint density at radius 3 is 2.50 bits per heavy atom. The first kappa shape index (κ1) is 7.42. The van der Waals surface area contributed by atoms with Gasteiger partial charge in [-0.15, -0.1) is 0 Å². The summed E-state index contributed by atoms with van der Waals surface area (Å²) in [4.78, 5) is 0. The molecule has 0 aliphatic carbocycles. The first-order valence-corrected chi connectivity index (χ1v) is 3.41. The van der Waals surface area contributed by atoms with Gasteiger partial charge in [-0.3, -0.25) is 0 Å². The van der Waals surface area contributed by atoms with Gasteiger partial charge in [-0.1, -0.05) is 11.6 Å². The Kier molecular flexibility index (Phi) is 2.17. The molecule has 0 saturated carbocycles. The normalized spacial score (nSPS) is 9.50. The molecule has 0 amide bonds. The molecule has 54 valence electrons. The van der Waals surface area contributed by atoms with E-state index in [0.717, 1.165) is 16.3 Å². The molecule has 0 heterocycles. The first-order chi connectivity index (χ1) is 4.72. The molecule has 0 bridgehead atoms. The number of rotatable bonds is 1. The number of methoxy groups -OCH3 is 1. The summed E-state index contributed by atoms with van der Waals surface area (Å²) in [6.45, 7) is 1.98. The van der Waals surface area contributed by atoms with Gasteiger partial charge in [0.2, 0.25) is 0 Å². The molecule has 0 fully saturated rings. The largest absolute Gasteiger partial charge is 0.497 e. The van der Waals surface area contributed by atoms with Gasteiger partial charge in [-0.2, -0.15) is 0 Å². The topological polar surface area (TPSA) is 9.23 Å². The van der Waals surface area contributed by atoms with Crippen LogP contribution in [0.25, 0.3) is 0 Å². The van der Waals surface area contributed by atoms with Crippen molar-refractivity contribution in [1.29, 1.82) is 0 Å². The molecule has 0 aliphatic heterocycles. The van der Waals surface area contributed by atoms with E-state index in [0.29, 0.717) is 0 Å². The monoisotopic (exact) mass is 156 g/mol. The van der Waals surface area contributed by atoms with Crippen molar-refractivity contribution in [2.24, 2.45) is 0 Å². The van der Waals surface area contributed by atoms with E-state index in [-0.39, 0.29) is 0 Å². The van der Waals surface area contributed by atoms with Gasteiger partial charge in [0.15, 0.2) is 0 Å². The van der Waals surface area contributed by atoms with Gasteiger partial charge in [0, 0.05) is 5.02 Å². The minimum atomic E-state index is 0.719. The molecule has 0 spiro atoms. The Morgan fingerprint density at radius 2 is 2.00 bits per heavy atom. The lowest BCUT2D eigenvalue weighted by molar-refractivity contribution is 0.414. The number of halogens is 1. The van der Waals surface area contributed by atoms with E-state index >= 15 is 0 Å². The van der Waals surface area contributed by atoms with E-state index < -0.39 is 0 Å². The maximum Gasteiger partial charge on any atom is 0.120 e. The van der Waals surface area contributed by atoms with Crippen LogP contribution < -0.4 is 4.74 Å². The lowest BCUT2D eigenvalue weighted by Gasteiger charge is -2.00. The maximum atomic E-state index is 5.75. The Bertz CT molecular complexity index is 212. The first-order valence-electron chi connectivity index (χ1n) is 3.03. The van der Waals surface area contributed by atoms with Gasteiger partial charge in [0.1, 0.15) is 5.75 Å². The number of hydrogen-bond donors (Lipinski definition) is 0. The highest BCUT2D eigenvalue weighted by atomic mass is 35.5. The van der Waals surface area contributed by atoms with E-state index in [1.807, 2.05) is 19.1 Å². The third-order valence-corrected chi connectivity index (χ3v) is 1.47. The summed E-state index contributed by atoms with van der Waals surface area (Å²) >= 11 is 5.75. The lowest BCUT2D eigenvalue weighted by atomic mass is 10.2. The van der Waals surface area contributed by atoms with Crippen LogP contribution in [-0.4, -0.2) is 7.11 Å². The van der Waals surface area contributed by atoms with Gasteiger partial charge in [0.05, 0.1) is 7.11 Å². The molecule has 0 radical (unpaired) electrons. The number of benzene rings is 1. The summed E-state index contributed by atoms with van der Waals surface area (Å²) < 4.78 is 4.99. The summed E-state index contributed by atoms with van der Waals surface area (Å²) in [5.74, 6) is 0.810. The smallest absolute Gasteiger partial charge is 0.120 e. The third kappa shape index (κ3) is 1.64. The van der Waals surface area contributed by atoms with Crippen LogP contribution >= 0.6 is 11.6 Å². The van der Waals surface area contributed by atoms with Crippen molar-refractivity contribution in [1.82, 2.24) is 0 Å². The molecule has 1 aromatic carbocycles. The zero-order valence-corrected chi connectivity index (χ0v) is 6.77. The third-order valence-electron chi connectivity index (χ3n) is 1.25. The van der Waals surface area contributed by atoms with Crippen LogP contribution in [0.2, 0.25) is 5.02 Å². The van der Waals surface area contributed by atoms with Gasteiger partial charge < -0.3 is 4.74 Å². The van der Waals surface area contributed by atoms with Gasteiger partial charge in [-0.25, -0.2) is 0 Å². The van der Waals surface area contributed by atoms with E-state index in [2.05, 4.69) is 0 Å². The molecule has 2 heteroatoms. The average Bonchev–Trinajstić information content (AvgIpc) is 1.85. The maximum absolute atomic E-state index is 5.75. The van der Waals surface area contributed by atoms with Gasteiger partial charge >= 0.3 is 0 Å². The molecule has 10 heavy (non-hydrogen) atoms. The summed E-state index contributed by atoms with van der Waals surface area (Å²) in [5, 5.41) is 0.719. The fourth-order valence-corrected chi connectivity index (χ4v) is 1.10. The van der Waals surface area contributed by atoms with Crippen molar-refractivity contribution in [3.05, 3.63) is 28.8 Å². The Balaban J connectivity index is 3.06.